The van der Waals surface area contributed by atoms with Crippen molar-refractivity contribution in [3.05, 3.63) is 65.2 Å². The first-order valence-corrected chi connectivity index (χ1v) is 7.90. The van der Waals surface area contributed by atoms with Crippen LogP contribution in [0, 0.1) is 6.92 Å². The Morgan fingerprint density at radius 1 is 1.17 bits per heavy atom. The van der Waals surface area contributed by atoms with Crippen molar-refractivity contribution < 1.29 is 14.3 Å². The van der Waals surface area contributed by atoms with Gasteiger partial charge >= 0.3 is 0 Å². The van der Waals surface area contributed by atoms with Crippen LogP contribution in [0.15, 0.2) is 53.6 Å². The average molecular weight is 324 g/mol. The molecule has 0 fully saturated rings. The van der Waals surface area contributed by atoms with Crippen LogP contribution in [0.1, 0.15) is 36.3 Å². The number of hydrazone groups is 1. The molecule has 124 valence electrons. The average Bonchev–Trinajstić information content (AvgIpc) is 3.07. The highest BCUT2D eigenvalue weighted by Crippen LogP contribution is 2.31. The van der Waals surface area contributed by atoms with Gasteiger partial charge in [-0.2, -0.15) is 5.01 Å². The van der Waals surface area contributed by atoms with Crippen molar-refractivity contribution in [2.45, 2.75) is 26.5 Å². The number of carbonyl (C=O) groups is 1. The number of methoxy groups -OCH3 is 1. The summed E-state index contributed by atoms with van der Waals surface area (Å²) in [6.07, 6.45) is -0.194. The molecule has 0 aliphatic carbocycles. The summed E-state index contributed by atoms with van der Waals surface area (Å²) in [4.78, 5) is 12.3. The summed E-state index contributed by atoms with van der Waals surface area (Å²) in [5.41, 5.74) is 2.86. The van der Waals surface area contributed by atoms with Crippen LogP contribution in [-0.2, 0) is 9.53 Å². The maximum Gasteiger partial charge on any atom is 0.246 e. The highest BCUT2D eigenvalue weighted by Gasteiger charge is 2.33. The lowest BCUT2D eigenvalue weighted by molar-refractivity contribution is -0.137. The zero-order valence-electron chi connectivity index (χ0n) is 14.0. The van der Waals surface area contributed by atoms with Crippen LogP contribution in [0.5, 0.6) is 5.75 Å². The molecule has 0 saturated heterocycles. The van der Waals surface area contributed by atoms with Gasteiger partial charge in [-0.3, -0.25) is 4.79 Å². The molecular formula is C19H20N2O3. The molecular weight excluding hydrogens is 304 g/mol. The van der Waals surface area contributed by atoms with E-state index in [1.165, 1.54) is 5.01 Å². The minimum Gasteiger partial charge on any atom is -0.497 e. The lowest BCUT2D eigenvalue weighted by Crippen LogP contribution is -2.26. The smallest absolute Gasteiger partial charge is 0.246 e. The number of aryl methyl sites for hydroxylation is 1. The zero-order valence-corrected chi connectivity index (χ0v) is 14.0. The molecule has 5 heteroatoms. The Morgan fingerprint density at radius 3 is 2.42 bits per heavy atom. The Labute approximate surface area is 141 Å². The van der Waals surface area contributed by atoms with E-state index < -0.39 is 6.23 Å². The minimum atomic E-state index is -0.556. The number of hydrogen-bond acceptors (Lipinski definition) is 4. The topological polar surface area (TPSA) is 51.1 Å². The van der Waals surface area contributed by atoms with Crippen molar-refractivity contribution in [3.63, 3.8) is 0 Å². The SMILES string of the molecule is CCC(=O)N1N=C(c2ccc(C)cc2)O[C@@H]1c1ccc(OC)cc1. The molecule has 0 aromatic heterocycles. The van der Waals surface area contributed by atoms with Gasteiger partial charge in [0.1, 0.15) is 5.75 Å². The Balaban J connectivity index is 1.91. The first-order chi connectivity index (χ1) is 11.6. The molecule has 2 aromatic rings. The van der Waals surface area contributed by atoms with Crippen molar-refractivity contribution in [1.29, 1.82) is 0 Å². The normalized spacial score (nSPS) is 16.5. The Morgan fingerprint density at radius 2 is 1.83 bits per heavy atom. The standard InChI is InChI=1S/C19H20N2O3/c1-4-17(22)21-19(15-9-11-16(23-3)12-10-15)24-18(20-21)14-7-5-13(2)6-8-14/h5-12,19H,4H2,1-3H3/t19-/m1/s1. The molecule has 1 aliphatic heterocycles. The molecule has 2 aromatic carbocycles. The van der Waals surface area contributed by atoms with E-state index in [1.54, 1.807) is 7.11 Å². The van der Waals surface area contributed by atoms with Crippen LogP contribution in [-0.4, -0.2) is 23.9 Å². The summed E-state index contributed by atoms with van der Waals surface area (Å²) in [7, 11) is 1.62. The van der Waals surface area contributed by atoms with E-state index in [-0.39, 0.29) is 5.91 Å². The van der Waals surface area contributed by atoms with Gasteiger partial charge in [0.25, 0.3) is 0 Å². The van der Waals surface area contributed by atoms with Gasteiger partial charge in [-0.15, -0.1) is 5.10 Å². The van der Waals surface area contributed by atoms with Gasteiger partial charge in [-0.25, -0.2) is 0 Å². The van der Waals surface area contributed by atoms with Gasteiger partial charge < -0.3 is 9.47 Å². The van der Waals surface area contributed by atoms with Gasteiger partial charge in [0.2, 0.25) is 18.0 Å². The summed E-state index contributed by atoms with van der Waals surface area (Å²) in [5.74, 6) is 1.13. The lowest BCUT2D eigenvalue weighted by Gasteiger charge is -2.20. The van der Waals surface area contributed by atoms with E-state index in [4.69, 9.17) is 9.47 Å². The quantitative estimate of drug-likeness (QED) is 0.863. The third kappa shape index (κ3) is 3.11. The van der Waals surface area contributed by atoms with Gasteiger partial charge in [0, 0.05) is 17.5 Å². The predicted octanol–water partition coefficient (Wildman–Crippen LogP) is 3.63. The second-order valence-corrected chi connectivity index (χ2v) is 5.61. The van der Waals surface area contributed by atoms with Gasteiger partial charge in [-0.1, -0.05) is 24.6 Å². The number of carbonyl (C=O) groups excluding carboxylic acids is 1. The molecule has 1 heterocycles. The second kappa shape index (κ2) is 6.74. The van der Waals surface area contributed by atoms with E-state index in [1.807, 2.05) is 62.4 Å². The molecule has 1 aliphatic rings. The molecule has 24 heavy (non-hydrogen) atoms. The second-order valence-electron chi connectivity index (χ2n) is 5.61. The number of amides is 1. The van der Waals surface area contributed by atoms with E-state index in [9.17, 15) is 4.79 Å². The highest BCUT2D eigenvalue weighted by molar-refractivity contribution is 5.96. The van der Waals surface area contributed by atoms with Gasteiger partial charge in [0.05, 0.1) is 7.11 Å². The predicted molar refractivity (Wildman–Crippen MR) is 91.7 cm³/mol. The monoisotopic (exact) mass is 324 g/mol. The van der Waals surface area contributed by atoms with Crippen LogP contribution in [0.3, 0.4) is 0 Å². The van der Waals surface area contributed by atoms with Crippen molar-refractivity contribution in [3.8, 4) is 5.75 Å². The van der Waals surface area contributed by atoms with Crippen LogP contribution in [0.2, 0.25) is 0 Å². The van der Waals surface area contributed by atoms with Crippen LogP contribution in [0.4, 0.5) is 0 Å². The molecule has 3 rings (SSSR count). The van der Waals surface area contributed by atoms with Crippen molar-refractivity contribution in [1.82, 2.24) is 5.01 Å². The van der Waals surface area contributed by atoms with Gasteiger partial charge in [-0.05, 0) is 43.3 Å². The molecule has 0 spiro atoms. The fraction of sp³-hybridized carbons (Fsp3) is 0.263. The number of ether oxygens (including phenoxy) is 2. The highest BCUT2D eigenvalue weighted by atomic mass is 16.5. The molecule has 1 amide bonds. The molecule has 1 atom stereocenters. The summed E-state index contributed by atoms with van der Waals surface area (Å²) in [5, 5.41) is 5.82. The first kappa shape index (κ1) is 16.1. The number of benzene rings is 2. The van der Waals surface area contributed by atoms with E-state index >= 15 is 0 Å². The van der Waals surface area contributed by atoms with E-state index in [2.05, 4.69) is 5.10 Å². The third-order valence-electron chi connectivity index (χ3n) is 3.90. The molecule has 0 unspecified atom stereocenters. The van der Waals surface area contributed by atoms with Crippen molar-refractivity contribution in [2.24, 2.45) is 5.10 Å². The largest absolute Gasteiger partial charge is 0.497 e. The number of nitrogens with zero attached hydrogens (tertiary/aromatic N) is 2. The molecule has 5 nitrogen and oxygen atoms in total. The van der Waals surface area contributed by atoms with Gasteiger partial charge in [0.15, 0.2) is 0 Å². The Bertz CT molecular complexity index is 751. The van der Waals surface area contributed by atoms with Crippen LogP contribution < -0.4 is 4.74 Å². The Kier molecular flexibility index (Phi) is 4.51. The zero-order chi connectivity index (χ0) is 17.1. The number of rotatable bonds is 4. The third-order valence-corrected chi connectivity index (χ3v) is 3.90. The summed E-state index contributed by atoms with van der Waals surface area (Å²) < 4.78 is 11.2. The van der Waals surface area contributed by atoms with Crippen LogP contribution in [0.25, 0.3) is 0 Å². The van der Waals surface area contributed by atoms with Crippen molar-refractivity contribution in [2.75, 3.05) is 7.11 Å². The van der Waals surface area contributed by atoms with E-state index in [0.29, 0.717) is 12.3 Å². The summed E-state index contributed by atoms with van der Waals surface area (Å²) >= 11 is 0. The molecule has 0 saturated carbocycles. The molecule has 0 radical (unpaired) electrons. The van der Waals surface area contributed by atoms with Crippen LogP contribution >= 0.6 is 0 Å². The van der Waals surface area contributed by atoms with E-state index in [0.717, 1.165) is 22.4 Å². The first-order valence-electron chi connectivity index (χ1n) is 7.90. The summed E-state index contributed by atoms with van der Waals surface area (Å²) in [6, 6.07) is 15.3. The summed E-state index contributed by atoms with van der Waals surface area (Å²) in [6.45, 7) is 3.83. The van der Waals surface area contributed by atoms with Crippen molar-refractivity contribution >= 4 is 11.8 Å². The number of hydrogen-bond donors (Lipinski definition) is 0. The Hall–Kier alpha value is -2.82. The lowest BCUT2D eigenvalue weighted by atomic mass is 10.1. The minimum absolute atomic E-state index is 0.0853. The fourth-order valence-electron chi connectivity index (χ4n) is 2.48. The molecule has 0 bridgehead atoms. The maximum absolute atomic E-state index is 12.3. The maximum atomic E-state index is 12.3. The fourth-order valence-corrected chi connectivity index (χ4v) is 2.48. The molecule has 0 N–H and O–H groups in total.